The van der Waals surface area contributed by atoms with Crippen LogP contribution in [0.5, 0.6) is 0 Å². The van der Waals surface area contributed by atoms with Crippen molar-refractivity contribution in [2.45, 2.75) is 38.6 Å². The first-order valence-electron chi connectivity index (χ1n) is 7.07. The SMILES string of the molecule is CC1CCCCC1NC(=O)Nc1ccc(Br)c(C(=O)O)c1. The van der Waals surface area contributed by atoms with Crippen molar-refractivity contribution in [2.75, 3.05) is 5.32 Å². The molecule has 0 heterocycles. The number of carboxylic acid groups (broad SMARTS) is 1. The predicted octanol–water partition coefficient (Wildman–Crippen LogP) is 3.85. The topological polar surface area (TPSA) is 78.4 Å². The van der Waals surface area contributed by atoms with Gasteiger partial charge in [0, 0.05) is 16.2 Å². The van der Waals surface area contributed by atoms with Crippen molar-refractivity contribution in [3.05, 3.63) is 28.2 Å². The standard InChI is InChI=1S/C15H19BrN2O3/c1-9-4-2-3-5-13(9)18-15(21)17-10-6-7-12(16)11(8-10)14(19)20/h6-9,13H,2-5H2,1H3,(H,19,20)(H2,17,18,21). The summed E-state index contributed by atoms with van der Waals surface area (Å²) in [5, 5.41) is 14.7. The highest BCUT2D eigenvalue weighted by Gasteiger charge is 2.22. The third-order valence-electron chi connectivity index (χ3n) is 3.88. The lowest BCUT2D eigenvalue weighted by molar-refractivity contribution is 0.0696. The molecule has 0 aromatic heterocycles. The number of nitrogens with one attached hydrogen (secondary N) is 2. The molecule has 114 valence electrons. The van der Waals surface area contributed by atoms with Crippen LogP contribution >= 0.6 is 15.9 Å². The van der Waals surface area contributed by atoms with E-state index in [4.69, 9.17) is 5.11 Å². The normalized spacial score (nSPS) is 21.6. The lowest BCUT2D eigenvalue weighted by atomic mass is 9.86. The van der Waals surface area contributed by atoms with Crippen molar-refractivity contribution in [2.24, 2.45) is 5.92 Å². The van der Waals surface area contributed by atoms with Crippen LogP contribution in [0.15, 0.2) is 22.7 Å². The molecule has 1 fully saturated rings. The summed E-state index contributed by atoms with van der Waals surface area (Å²) in [7, 11) is 0. The van der Waals surface area contributed by atoms with Crippen molar-refractivity contribution in [3.63, 3.8) is 0 Å². The molecule has 1 aliphatic carbocycles. The lowest BCUT2D eigenvalue weighted by Gasteiger charge is -2.29. The fourth-order valence-corrected chi connectivity index (χ4v) is 3.05. The van der Waals surface area contributed by atoms with Gasteiger partial charge in [0.1, 0.15) is 0 Å². The van der Waals surface area contributed by atoms with Gasteiger partial charge in [0.15, 0.2) is 0 Å². The van der Waals surface area contributed by atoms with Crippen LogP contribution < -0.4 is 10.6 Å². The summed E-state index contributed by atoms with van der Waals surface area (Å²) in [6, 6.07) is 4.62. The zero-order valence-corrected chi connectivity index (χ0v) is 13.4. The van der Waals surface area contributed by atoms with E-state index in [0.717, 1.165) is 19.3 Å². The molecule has 0 spiro atoms. The molecule has 1 saturated carbocycles. The molecular weight excluding hydrogens is 336 g/mol. The number of anilines is 1. The van der Waals surface area contributed by atoms with E-state index < -0.39 is 5.97 Å². The molecule has 0 aliphatic heterocycles. The van der Waals surface area contributed by atoms with Crippen LogP contribution in [0.3, 0.4) is 0 Å². The Morgan fingerprint density at radius 3 is 2.67 bits per heavy atom. The van der Waals surface area contributed by atoms with Gasteiger partial charge in [-0.1, -0.05) is 19.8 Å². The van der Waals surface area contributed by atoms with E-state index in [1.807, 2.05) is 0 Å². The molecule has 2 unspecified atom stereocenters. The number of carbonyl (C=O) groups excluding carboxylic acids is 1. The number of hydrogen-bond donors (Lipinski definition) is 3. The largest absolute Gasteiger partial charge is 0.478 e. The van der Waals surface area contributed by atoms with Crippen LogP contribution in [0.4, 0.5) is 10.5 Å². The summed E-state index contributed by atoms with van der Waals surface area (Å²) >= 11 is 3.18. The third kappa shape index (κ3) is 4.20. The zero-order valence-electron chi connectivity index (χ0n) is 11.9. The minimum atomic E-state index is -1.04. The molecule has 5 nitrogen and oxygen atoms in total. The Hall–Kier alpha value is -1.56. The summed E-state index contributed by atoms with van der Waals surface area (Å²) < 4.78 is 0.488. The molecule has 1 aromatic rings. The Balaban J connectivity index is 1.99. The molecule has 0 radical (unpaired) electrons. The number of halogens is 1. The Labute approximate surface area is 132 Å². The fourth-order valence-electron chi connectivity index (χ4n) is 2.63. The van der Waals surface area contributed by atoms with Crippen LogP contribution in [-0.4, -0.2) is 23.1 Å². The van der Waals surface area contributed by atoms with E-state index >= 15 is 0 Å². The third-order valence-corrected chi connectivity index (χ3v) is 4.57. The Bertz CT molecular complexity index is 548. The lowest BCUT2D eigenvalue weighted by Crippen LogP contribution is -2.43. The number of rotatable bonds is 3. The van der Waals surface area contributed by atoms with Crippen LogP contribution in [0.2, 0.25) is 0 Å². The number of urea groups is 1. The van der Waals surface area contributed by atoms with E-state index in [-0.39, 0.29) is 17.6 Å². The molecule has 3 N–H and O–H groups in total. The van der Waals surface area contributed by atoms with E-state index in [0.29, 0.717) is 16.1 Å². The Kier molecular flexibility index (Phi) is 5.22. The van der Waals surface area contributed by atoms with E-state index in [2.05, 4.69) is 33.5 Å². The van der Waals surface area contributed by atoms with Gasteiger partial charge < -0.3 is 15.7 Å². The molecule has 0 bridgehead atoms. The van der Waals surface area contributed by atoms with Crippen LogP contribution in [0.25, 0.3) is 0 Å². The van der Waals surface area contributed by atoms with Crippen molar-refractivity contribution in [1.82, 2.24) is 5.32 Å². The van der Waals surface area contributed by atoms with Crippen molar-refractivity contribution in [1.29, 1.82) is 0 Å². The summed E-state index contributed by atoms with van der Waals surface area (Å²) in [5.74, 6) is -0.559. The van der Waals surface area contributed by atoms with E-state index in [1.165, 1.54) is 12.5 Å². The first-order chi connectivity index (χ1) is 9.97. The van der Waals surface area contributed by atoms with Gasteiger partial charge in [0.05, 0.1) is 5.56 Å². The van der Waals surface area contributed by atoms with Gasteiger partial charge in [0.25, 0.3) is 0 Å². The molecule has 2 rings (SSSR count). The summed E-state index contributed by atoms with van der Waals surface area (Å²) in [6.07, 6.45) is 4.48. The van der Waals surface area contributed by atoms with Gasteiger partial charge >= 0.3 is 12.0 Å². The second kappa shape index (κ2) is 6.93. The average Bonchev–Trinajstić information content (AvgIpc) is 2.43. The highest BCUT2D eigenvalue weighted by Crippen LogP contribution is 2.24. The smallest absolute Gasteiger partial charge is 0.336 e. The molecule has 1 aliphatic rings. The Morgan fingerprint density at radius 2 is 2.00 bits per heavy atom. The maximum Gasteiger partial charge on any atom is 0.336 e. The second-order valence-corrected chi connectivity index (χ2v) is 6.32. The number of aromatic carboxylic acids is 1. The Morgan fingerprint density at radius 1 is 1.29 bits per heavy atom. The number of benzene rings is 1. The number of carboxylic acids is 1. The quantitative estimate of drug-likeness (QED) is 0.771. The van der Waals surface area contributed by atoms with Gasteiger partial charge in [-0.25, -0.2) is 9.59 Å². The fraction of sp³-hybridized carbons (Fsp3) is 0.467. The van der Waals surface area contributed by atoms with E-state index in [1.54, 1.807) is 12.1 Å². The monoisotopic (exact) mass is 354 g/mol. The van der Waals surface area contributed by atoms with Crippen LogP contribution in [0.1, 0.15) is 43.0 Å². The van der Waals surface area contributed by atoms with E-state index in [9.17, 15) is 9.59 Å². The van der Waals surface area contributed by atoms with Crippen LogP contribution in [0, 0.1) is 5.92 Å². The molecule has 2 atom stereocenters. The average molecular weight is 355 g/mol. The minimum absolute atomic E-state index is 0.124. The van der Waals surface area contributed by atoms with Gasteiger partial charge in [-0.2, -0.15) is 0 Å². The predicted molar refractivity (Wildman–Crippen MR) is 84.7 cm³/mol. The highest BCUT2D eigenvalue weighted by molar-refractivity contribution is 9.10. The summed E-state index contributed by atoms with van der Waals surface area (Å²) in [4.78, 5) is 23.1. The molecule has 2 amide bonds. The highest BCUT2D eigenvalue weighted by atomic mass is 79.9. The molecule has 21 heavy (non-hydrogen) atoms. The van der Waals surface area contributed by atoms with Gasteiger partial charge in [-0.3, -0.25) is 0 Å². The second-order valence-electron chi connectivity index (χ2n) is 5.47. The maximum atomic E-state index is 12.0. The minimum Gasteiger partial charge on any atom is -0.478 e. The summed E-state index contributed by atoms with van der Waals surface area (Å²) in [5.41, 5.74) is 0.593. The summed E-state index contributed by atoms with van der Waals surface area (Å²) in [6.45, 7) is 2.15. The van der Waals surface area contributed by atoms with Crippen LogP contribution in [-0.2, 0) is 0 Å². The number of carbonyl (C=O) groups is 2. The van der Waals surface area contributed by atoms with Gasteiger partial charge in [0.2, 0.25) is 0 Å². The molecular formula is C15H19BrN2O3. The number of amides is 2. The van der Waals surface area contributed by atoms with Gasteiger partial charge in [-0.15, -0.1) is 0 Å². The molecule has 0 saturated heterocycles. The first kappa shape index (κ1) is 15.8. The molecule has 6 heteroatoms. The first-order valence-corrected chi connectivity index (χ1v) is 7.87. The maximum absolute atomic E-state index is 12.0. The van der Waals surface area contributed by atoms with Gasteiger partial charge in [-0.05, 0) is 52.9 Å². The number of hydrogen-bond acceptors (Lipinski definition) is 2. The van der Waals surface area contributed by atoms with Crippen molar-refractivity contribution >= 4 is 33.6 Å². The molecule has 1 aromatic carbocycles. The van der Waals surface area contributed by atoms with Crippen molar-refractivity contribution < 1.29 is 14.7 Å². The zero-order chi connectivity index (χ0) is 15.4. The van der Waals surface area contributed by atoms with Crippen molar-refractivity contribution in [3.8, 4) is 0 Å².